The third-order valence-corrected chi connectivity index (χ3v) is 2.73. The van der Waals surface area contributed by atoms with Crippen molar-refractivity contribution < 1.29 is 4.74 Å². The van der Waals surface area contributed by atoms with E-state index in [9.17, 15) is 0 Å². The van der Waals surface area contributed by atoms with E-state index in [0.717, 1.165) is 41.6 Å². The zero-order chi connectivity index (χ0) is 13.0. The van der Waals surface area contributed by atoms with Gasteiger partial charge in [-0.1, -0.05) is 6.92 Å². The summed E-state index contributed by atoms with van der Waals surface area (Å²) in [5.74, 6) is 1.71. The Morgan fingerprint density at radius 1 is 1.28 bits per heavy atom. The molecule has 1 aromatic carbocycles. The van der Waals surface area contributed by atoms with Gasteiger partial charge in [0.1, 0.15) is 11.6 Å². The van der Waals surface area contributed by atoms with Gasteiger partial charge in [0.2, 0.25) is 0 Å². The first-order valence-electron chi connectivity index (χ1n) is 6.23. The fourth-order valence-corrected chi connectivity index (χ4v) is 1.83. The number of aromatic amines is 1. The average Bonchev–Trinajstić information content (AvgIpc) is 2.78. The number of benzene rings is 1. The summed E-state index contributed by atoms with van der Waals surface area (Å²) in [7, 11) is 0. The quantitative estimate of drug-likeness (QED) is 0.851. The van der Waals surface area contributed by atoms with Crippen LogP contribution in [0.2, 0.25) is 0 Å². The molecule has 1 aromatic heterocycles. The molecule has 4 heteroatoms. The van der Waals surface area contributed by atoms with Gasteiger partial charge < -0.3 is 15.5 Å². The van der Waals surface area contributed by atoms with Gasteiger partial charge >= 0.3 is 0 Å². The van der Waals surface area contributed by atoms with Gasteiger partial charge in [-0.2, -0.15) is 0 Å². The standard InChI is InChI=1S/C14H19N3O/c1-3-8-18-12-6-4-11(5-7-12)14-10(2)16-13(9-15)17-14/h4-7H,3,8-9,15H2,1-2H3,(H,16,17). The summed E-state index contributed by atoms with van der Waals surface area (Å²) in [6, 6.07) is 7.99. The van der Waals surface area contributed by atoms with Crippen LogP contribution < -0.4 is 10.5 Å². The van der Waals surface area contributed by atoms with Gasteiger partial charge in [-0.15, -0.1) is 0 Å². The van der Waals surface area contributed by atoms with E-state index < -0.39 is 0 Å². The van der Waals surface area contributed by atoms with Crippen molar-refractivity contribution in [2.75, 3.05) is 6.61 Å². The van der Waals surface area contributed by atoms with E-state index in [1.165, 1.54) is 0 Å². The highest BCUT2D eigenvalue weighted by Gasteiger charge is 2.08. The van der Waals surface area contributed by atoms with Crippen LogP contribution in [0.5, 0.6) is 5.75 Å². The number of aryl methyl sites for hydroxylation is 1. The zero-order valence-electron chi connectivity index (χ0n) is 10.9. The lowest BCUT2D eigenvalue weighted by Crippen LogP contribution is -1.98. The fraction of sp³-hybridized carbons (Fsp3) is 0.357. The number of hydrogen-bond donors (Lipinski definition) is 2. The van der Waals surface area contributed by atoms with E-state index in [-0.39, 0.29) is 0 Å². The van der Waals surface area contributed by atoms with Crippen LogP contribution in [0.4, 0.5) is 0 Å². The summed E-state index contributed by atoms with van der Waals surface area (Å²) in [6.45, 7) is 5.27. The van der Waals surface area contributed by atoms with Crippen molar-refractivity contribution in [2.24, 2.45) is 5.73 Å². The molecule has 0 amide bonds. The maximum atomic E-state index is 5.58. The molecule has 0 fully saturated rings. The van der Waals surface area contributed by atoms with Crippen LogP contribution in [-0.4, -0.2) is 16.6 Å². The predicted octanol–water partition coefficient (Wildman–Crippen LogP) is 2.63. The first kappa shape index (κ1) is 12.6. The monoisotopic (exact) mass is 245 g/mol. The van der Waals surface area contributed by atoms with Crippen LogP contribution in [0.1, 0.15) is 24.9 Å². The number of rotatable bonds is 5. The van der Waals surface area contributed by atoms with Gasteiger partial charge in [0.05, 0.1) is 18.8 Å². The van der Waals surface area contributed by atoms with Crippen molar-refractivity contribution in [1.82, 2.24) is 9.97 Å². The minimum Gasteiger partial charge on any atom is -0.494 e. The van der Waals surface area contributed by atoms with Crippen molar-refractivity contribution in [2.45, 2.75) is 26.8 Å². The number of hydrogen-bond acceptors (Lipinski definition) is 3. The van der Waals surface area contributed by atoms with E-state index in [4.69, 9.17) is 10.5 Å². The predicted molar refractivity (Wildman–Crippen MR) is 72.4 cm³/mol. The van der Waals surface area contributed by atoms with Gasteiger partial charge in [0.15, 0.2) is 0 Å². The van der Waals surface area contributed by atoms with Crippen LogP contribution >= 0.6 is 0 Å². The SMILES string of the molecule is CCCOc1ccc(-c2nc(CN)[nH]c2C)cc1. The lowest BCUT2D eigenvalue weighted by molar-refractivity contribution is 0.317. The molecule has 96 valence electrons. The molecule has 0 radical (unpaired) electrons. The number of ether oxygens (including phenoxy) is 1. The number of imidazole rings is 1. The molecule has 0 saturated carbocycles. The van der Waals surface area contributed by atoms with Crippen molar-refractivity contribution in [1.29, 1.82) is 0 Å². The third kappa shape index (κ3) is 2.71. The van der Waals surface area contributed by atoms with Crippen LogP contribution in [0, 0.1) is 6.92 Å². The van der Waals surface area contributed by atoms with Gasteiger partial charge in [0.25, 0.3) is 0 Å². The highest BCUT2D eigenvalue weighted by atomic mass is 16.5. The second-order valence-electron chi connectivity index (χ2n) is 4.23. The molecule has 0 aliphatic rings. The smallest absolute Gasteiger partial charge is 0.120 e. The van der Waals surface area contributed by atoms with Gasteiger partial charge in [0, 0.05) is 11.3 Å². The average molecular weight is 245 g/mol. The summed E-state index contributed by atoms with van der Waals surface area (Å²) >= 11 is 0. The van der Waals surface area contributed by atoms with Gasteiger partial charge in [-0.3, -0.25) is 0 Å². The number of aromatic nitrogens is 2. The second-order valence-corrected chi connectivity index (χ2v) is 4.23. The maximum absolute atomic E-state index is 5.58. The zero-order valence-corrected chi connectivity index (χ0v) is 10.9. The Bertz CT molecular complexity index is 502. The van der Waals surface area contributed by atoms with Crippen LogP contribution in [-0.2, 0) is 6.54 Å². The van der Waals surface area contributed by atoms with E-state index in [0.29, 0.717) is 6.54 Å². The second kappa shape index (κ2) is 5.69. The number of nitrogens with zero attached hydrogens (tertiary/aromatic N) is 1. The number of H-pyrrole nitrogens is 1. The Labute approximate surface area is 107 Å². The lowest BCUT2D eigenvalue weighted by atomic mass is 10.1. The first-order valence-corrected chi connectivity index (χ1v) is 6.23. The normalized spacial score (nSPS) is 10.6. The molecule has 0 spiro atoms. The molecule has 0 atom stereocenters. The molecule has 2 rings (SSSR count). The minimum atomic E-state index is 0.429. The molecule has 2 aromatic rings. The van der Waals surface area contributed by atoms with Crippen LogP contribution in [0.3, 0.4) is 0 Å². The largest absolute Gasteiger partial charge is 0.494 e. The Hall–Kier alpha value is -1.81. The van der Waals surface area contributed by atoms with E-state index in [1.54, 1.807) is 0 Å². The Morgan fingerprint density at radius 2 is 2.00 bits per heavy atom. The number of nitrogens with two attached hydrogens (primary N) is 1. The highest BCUT2D eigenvalue weighted by Crippen LogP contribution is 2.23. The summed E-state index contributed by atoms with van der Waals surface area (Å²) in [5.41, 5.74) is 8.65. The van der Waals surface area contributed by atoms with E-state index in [1.807, 2.05) is 31.2 Å². The molecular weight excluding hydrogens is 226 g/mol. The highest BCUT2D eigenvalue weighted by molar-refractivity contribution is 5.62. The third-order valence-electron chi connectivity index (χ3n) is 2.73. The summed E-state index contributed by atoms with van der Waals surface area (Å²) in [4.78, 5) is 7.64. The Balaban J connectivity index is 2.20. The number of nitrogens with one attached hydrogen (secondary N) is 1. The van der Waals surface area contributed by atoms with Gasteiger partial charge in [-0.25, -0.2) is 4.98 Å². The molecule has 1 heterocycles. The van der Waals surface area contributed by atoms with Gasteiger partial charge in [-0.05, 0) is 37.6 Å². The summed E-state index contributed by atoms with van der Waals surface area (Å²) < 4.78 is 5.55. The molecule has 3 N–H and O–H groups in total. The van der Waals surface area contributed by atoms with Crippen LogP contribution in [0.25, 0.3) is 11.3 Å². The molecule has 0 unspecified atom stereocenters. The van der Waals surface area contributed by atoms with Crippen molar-refractivity contribution in [3.63, 3.8) is 0 Å². The summed E-state index contributed by atoms with van der Waals surface area (Å²) in [6.07, 6.45) is 1.01. The topological polar surface area (TPSA) is 63.9 Å². The molecule has 0 aliphatic carbocycles. The fourth-order valence-electron chi connectivity index (χ4n) is 1.83. The Kier molecular flexibility index (Phi) is 3.99. The molecular formula is C14H19N3O. The van der Waals surface area contributed by atoms with Crippen molar-refractivity contribution >= 4 is 0 Å². The first-order chi connectivity index (χ1) is 8.74. The van der Waals surface area contributed by atoms with Crippen LogP contribution in [0.15, 0.2) is 24.3 Å². The lowest BCUT2D eigenvalue weighted by Gasteiger charge is -2.05. The summed E-state index contributed by atoms with van der Waals surface area (Å²) in [5, 5.41) is 0. The molecule has 18 heavy (non-hydrogen) atoms. The van der Waals surface area contributed by atoms with E-state index in [2.05, 4.69) is 16.9 Å². The Morgan fingerprint density at radius 3 is 2.56 bits per heavy atom. The molecule has 4 nitrogen and oxygen atoms in total. The molecule has 0 saturated heterocycles. The molecule has 0 bridgehead atoms. The van der Waals surface area contributed by atoms with Crippen molar-refractivity contribution in [3.05, 3.63) is 35.8 Å². The van der Waals surface area contributed by atoms with Crippen molar-refractivity contribution in [3.8, 4) is 17.0 Å². The minimum absolute atomic E-state index is 0.429. The maximum Gasteiger partial charge on any atom is 0.120 e. The molecule has 0 aliphatic heterocycles. The van der Waals surface area contributed by atoms with E-state index >= 15 is 0 Å².